The molecule has 3 nitrogen and oxygen atoms in total. The second kappa shape index (κ2) is 4.58. The van der Waals surface area contributed by atoms with Gasteiger partial charge in [0.15, 0.2) is 0 Å². The van der Waals surface area contributed by atoms with E-state index in [2.05, 4.69) is 0 Å². The molecular weight excluding hydrogens is 142 g/mol. The van der Waals surface area contributed by atoms with Crippen LogP contribution in [0.15, 0.2) is 0 Å². The molecule has 0 aromatic carbocycles. The van der Waals surface area contributed by atoms with Gasteiger partial charge in [0.1, 0.15) is 6.04 Å². The van der Waals surface area contributed by atoms with Crippen molar-refractivity contribution in [3.05, 3.63) is 0 Å². The number of carboxylic acid groups (broad SMARTS) is 1. The van der Waals surface area contributed by atoms with E-state index in [1.807, 2.05) is 0 Å². The van der Waals surface area contributed by atoms with Crippen LogP contribution in [0.2, 0.25) is 0 Å². The average Bonchev–Trinajstić information content (AvgIpc) is 1.64. The molecule has 0 fully saturated rings. The van der Waals surface area contributed by atoms with Crippen LogP contribution in [0.3, 0.4) is 0 Å². The summed E-state index contributed by atoms with van der Waals surface area (Å²) in [5.74, 6) is -0.910. The molecule has 9 heavy (non-hydrogen) atoms. The summed E-state index contributed by atoms with van der Waals surface area (Å²) in [4.78, 5) is 10.0. The van der Waals surface area contributed by atoms with E-state index >= 15 is 0 Å². The Morgan fingerprint density at radius 3 is 1.89 bits per heavy atom. The molecule has 0 aromatic rings. The van der Waals surface area contributed by atoms with Crippen LogP contribution in [-0.2, 0) is 4.79 Å². The molecule has 0 spiro atoms. The molecule has 1 atom stereocenters. The van der Waals surface area contributed by atoms with Crippen LogP contribution in [0.25, 0.3) is 0 Å². The van der Waals surface area contributed by atoms with E-state index in [1.165, 1.54) is 0 Å². The minimum absolute atomic E-state index is 0. The lowest BCUT2D eigenvalue weighted by Crippen LogP contribution is -2.34. The quantitative estimate of drug-likeness (QED) is 0.607. The molecular formula is C5H12ClNO2. The maximum atomic E-state index is 10.0. The van der Waals surface area contributed by atoms with Crippen molar-refractivity contribution < 1.29 is 9.90 Å². The molecule has 0 bridgehead atoms. The molecule has 0 aliphatic heterocycles. The van der Waals surface area contributed by atoms with E-state index in [0.717, 1.165) is 0 Å². The van der Waals surface area contributed by atoms with Crippen molar-refractivity contribution in [3.63, 3.8) is 0 Å². The van der Waals surface area contributed by atoms with Crippen molar-refractivity contribution >= 4 is 18.4 Å². The molecule has 0 unspecified atom stereocenters. The zero-order valence-electron chi connectivity index (χ0n) is 5.50. The first-order chi connectivity index (χ1) is 3.55. The lowest BCUT2D eigenvalue weighted by atomic mass is 10.1. The fourth-order valence-corrected chi connectivity index (χ4v) is 0.285. The van der Waals surface area contributed by atoms with Gasteiger partial charge in [-0.1, -0.05) is 13.8 Å². The Kier molecular flexibility index (Phi) is 5.86. The lowest BCUT2D eigenvalue weighted by Gasteiger charge is -2.07. The number of hydrogen-bond donors (Lipinski definition) is 2. The highest BCUT2D eigenvalue weighted by molar-refractivity contribution is 5.85. The zero-order valence-corrected chi connectivity index (χ0v) is 6.31. The Balaban J connectivity index is 0. The summed E-state index contributed by atoms with van der Waals surface area (Å²) >= 11 is 0. The van der Waals surface area contributed by atoms with Crippen LogP contribution in [0, 0.1) is 5.92 Å². The van der Waals surface area contributed by atoms with Crippen LogP contribution < -0.4 is 5.73 Å². The SMILES string of the molecule is CC(C)[C@@H](N)C(=O)O.Cl. The van der Waals surface area contributed by atoms with E-state index in [1.54, 1.807) is 13.8 Å². The Hall–Kier alpha value is -0.280. The Labute approximate surface area is 60.6 Å². The zero-order chi connectivity index (χ0) is 6.73. The number of nitrogens with two attached hydrogens (primary N) is 1. The van der Waals surface area contributed by atoms with Crippen LogP contribution in [0.4, 0.5) is 0 Å². The van der Waals surface area contributed by atoms with E-state index < -0.39 is 12.0 Å². The molecule has 0 rings (SSSR count). The second-order valence-corrected chi connectivity index (χ2v) is 2.11. The van der Waals surface area contributed by atoms with Gasteiger partial charge in [-0.3, -0.25) is 4.79 Å². The van der Waals surface area contributed by atoms with E-state index in [9.17, 15) is 4.79 Å². The van der Waals surface area contributed by atoms with Gasteiger partial charge in [0, 0.05) is 0 Å². The largest absolute Gasteiger partial charge is 0.480 e. The summed E-state index contributed by atoms with van der Waals surface area (Å²) in [5, 5.41) is 8.23. The highest BCUT2D eigenvalue weighted by atomic mass is 35.5. The van der Waals surface area contributed by atoms with Crippen molar-refractivity contribution in [2.75, 3.05) is 0 Å². The summed E-state index contributed by atoms with van der Waals surface area (Å²) in [6, 6.07) is -0.713. The van der Waals surface area contributed by atoms with Crippen LogP contribution in [-0.4, -0.2) is 17.1 Å². The molecule has 0 aromatic heterocycles. The molecule has 0 saturated carbocycles. The predicted molar refractivity (Wildman–Crippen MR) is 37.7 cm³/mol. The molecule has 3 N–H and O–H groups in total. The third kappa shape index (κ3) is 4.24. The number of aliphatic carboxylic acids is 1. The summed E-state index contributed by atoms with van der Waals surface area (Å²) in [5.41, 5.74) is 5.16. The maximum Gasteiger partial charge on any atom is 0.320 e. The average molecular weight is 154 g/mol. The monoisotopic (exact) mass is 153 g/mol. The van der Waals surface area contributed by atoms with Crippen LogP contribution in [0.5, 0.6) is 0 Å². The van der Waals surface area contributed by atoms with Gasteiger partial charge in [-0.15, -0.1) is 12.4 Å². The van der Waals surface area contributed by atoms with Gasteiger partial charge in [-0.25, -0.2) is 0 Å². The Morgan fingerprint density at radius 2 is 1.89 bits per heavy atom. The molecule has 0 radical (unpaired) electrons. The first-order valence-electron chi connectivity index (χ1n) is 2.54. The van der Waals surface area contributed by atoms with Gasteiger partial charge in [-0.2, -0.15) is 0 Å². The number of carboxylic acids is 1. The lowest BCUT2D eigenvalue weighted by molar-refractivity contribution is -0.139. The van der Waals surface area contributed by atoms with Gasteiger partial charge < -0.3 is 10.8 Å². The summed E-state index contributed by atoms with van der Waals surface area (Å²) in [7, 11) is 0. The van der Waals surface area contributed by atoms with Gasteiger partial charge in [-0.05, 0) is 5.92 Å². The van der Waals surface area contributed by atoms with Gasteiger partial charge >= 0.3 is 5.97 Å². The van der Waals surface area contributed by atoms with Crippen molar-refractivity contribution in [1.29, 1.82) is 0 Å². The standard InChI is InChI=1S/C5H11NO2.ClH/c1-3(2)4(6)5(7)8;/h3-4H,6H2,1-2H3,(H,7,8);1H/t4-;/m1./s1. The molecule has 0 aliphatic carbocycles. The molecule has 0 saturated heterocycles. The molecule has 56 valence electrons. The smallest absolute Gasteiger partial charge is 0.320 e. The van der Waals surface area contributed by atoms with E-state index in [-0.39, 0.29) is 18.3 Å². The van der Waals surface area contributed by atoms with Crippen molar-refractivity contribution in [1.82, 2.24) is 0 Å². The number of halogens is 1. The second-order valence-electron chi connectivity index (χ2n) is 2.11. The minimum Gasteiger partial charge on any atom is -0.480 e. The van der Waals surface area contributed by atoms with Crippen molar-refractivity contribution in [2.24, 2.45) is 11.7 Å². The number of rotatable bonds is 2. The van der Waals surface area contributed by atoms with Gasteiger partial charge in [0.2, 0.25) is 0 Å². The third-order valence-corrected chi connectivity index (χ3v) is 1.00. The highest BCUT2D eigenvalue weighted by Crippen LogP contribution is 1.96. The Bertz CT molecular complexity index is 95.0. The first kappa shape index (κ1) is 11.5. The Morgan fingerprint density at radius 1 is 1.56 bits per heavy atom. The number of carbonyl (C=O) groups is 1. The first-order valence-corrected chi connectivity index (χ1v) is 2.54. The van der Waals surface area contributed by atoms with Crippen molar-refractivity contribution in [2.45, 2.75) is 19.9 Å². The van der Waals surface area contributed by atoms with Gasteiger partial charge in [0.25, 0.3) is 0 Å². The summed E-state index contributed by atoms with van der Waals surface area (Å²) in [6.45, 7) is 3.55. The minimum atomic E-state index is -0.931. The fraction of sp³-hybridized carbons (Fsp3) is 0.800. The van der Waals surface area contributed by atoms with Crippen LogP contribution >= 0.6 is 12.4 Å². The van der Waals surface area contributed by atoms with Gasteiger partial charge in [0.05, 0.1) is 0 Å². The van der Waals surface area contributed by atoms with Crippen molar-refractivity contribution in [3.8, 4) is 0 Å². The number of hydrogen-bond acceptors (Lipinski definition) is 2. The topological polar surface area (TPSA) is 63.3 Å². The third-order valence-electron chi connectivity index (χ3n) is 1.00. The normalized spacial score (nSPS) is 12.4. The highest BCUT2D eigenvalue weighted by Gasteiger charge is 2.14. The summed E-state index contributed by atoms with van der Waals surface area (Å²) < 4.78 is 0. The van der Waals surface area contributed by atoms with E-state index in [0.29, 0.717) is 0 Å². The molecule has 0 heterocycles. The molecule has 0 aliphatic rings. The predicted octanol–water partition coefficient (Wildman–Crippen LogP) is 0.476. The fourth-order valence-electron chi connectivity index (χ4n) is 0.285. The van der Waals surface area contributed by atoms with Crippen LogP contribution in [0.1, 0.15) is 13.8 Å². The van der Waals surface area contributed by atoms with E-state index in [4.69, 9.17) is 10.8 Å². The maximum absolute atomic E-state index is 10.0. The molecule has 0 amide bonds. The summed E-state index contributed by atoms with van der Waals surface area (Å²) in [6.07, 6.45) is 0. The molecule has 4 heteroatoms.